The lowest BCUT2D eigenvalue weighted by molar-refractivity contribution is 0.0140. The smallest absolute Gasteiger partial charge is 0.409 e. The highest BCUT2D eigenvalue weighted by Gasteiger charge is 2.35. The minimum Gasteiger partial charge on any atom is -0.450 e. The Morgan fingerprint density at radius 3 is 2.88 bits per heavy atom. The fourth-order valence-corrected chi connectivity index (χ4v) is 3.88. The molecule has 5 heteroatoms. The maximum atomic E-state index is 11.7. The van der Waals surface area contributed by atoms with Crippen LogP contribution in [-0.4, -0.2) is 48.4 Å². The van der Waals surface area contributed by atoms with Gasteiger partial charge in [-0.15, -0.1) is 0 Å². The number of hydrogen-bond donors (Lipinski definition) is 2. The number of nitrogens with one attached hydrogen (secondary N) is 1. The summed E-state index contributed by atoms with van der Waals surface area (Å²) in [5.41, 5.74) is 1.57. The molecule has 0 unspecified atom stereocenters. The van der Waals surface area contributed by atoms with E-state index in [4.69, 9.17) is 4.74 Å². The van der Waals surface area contributed by atoms with Gasteiger partial charge >= 0.3 is 6.09 Å². The van der Waals surface area contributed by atoms with Crippen molar-refractivity contribution in [2.45, 2.75) is 50.7 Å². The van der Waals surface area contributed by atoms with E-state index < -0.39 is 5.60 Å². The Morgan fingerprint density at radius 2 is 2.12 bits per heavy atom. The van der Waals surface area contributed by atoms with Gasteiger partial charge < -0.3 is 20.1 Å². The quantitative estimate of drug-likeness (QED) is 0.889. The van der Waals surface area contributed by atoms with Gasteiger partial charge in [-0.2, -0.15) is 0 Å². The van der Waals surface area contributed by atoms with E-state index >= 15 is 0 Å². The molecule has 0 aromatic heterocycles. The summed E-state index contributed by atoms with van der Waals surface area (Å²) in [7, 11) is 0. The highest BCUT2D eigenvalue weighted by Crippen LogP contribution is 2.34. The zero-order chi connectivity index (χ0) is 17.0. The van der Waals surface area contributed by atoms with Crippen molar-refractivity contribution in [3.63, 3.8) is 0 Å². The number of carbonyl (C=O) groups excluding carboxylic acids is 1. The zero-order valence-electron chi connectivity index (χ0n) is 14.5. The van der Waals surface area contributed by atoms with E-state index in [1.807, 2.05) is 19.1 Å². The van der Waals surface area contributed by atoms with Gasteiger partial charge in [0, 0.05) is 25.7 Å². The van der Waals surface area contributed by atoms with Crippen LogP contribution < -0.4 is 5.32 Å². The Morgan fingerprint density at radius 1 is 1.38 bits per heavy atom. The Bertz CT molecular complexity index is 569. The summed E-state index contributed by atoms with van der Waals surface area (Å²) in [6.07, 6.45) is 4.47. The molecule has 1 aliphatic heterocycles. The van der Waals surface area contributed by atoms with Crippen molar-refractivity contribution in [3.8, 4) is 0 Å². The van der Waals surface area contributed by atoms with Crippen molar-refractivity contribution >= 4 is 6.09 Å². The maximum Gasteiger partial charge on any atom is 0.409 e. The Balaban J connectivity index is 1.53. The summed E-state index contributed by atoms with van der Waals surface area (Å²) in [5.74, 6) is 0. The van der Waals surface area contributed by atoms with Crippen molar-refractivity contribution in [1.29, 1.82) is 0 Å². The van der Waals surface area contributed by atoms with Crippen molar-refractivity contribution in [1.82, 2.24) is 10.2 Å². The number of piperidine rings is 1. The van der Waals surface area contributed by atoms with Crippen molar-refractivity contribution < 1.29 is 14.6 Å². The maximum absolute atomic E-state index is 11.7. The zero-order valence-corrected chi connectivity index (χ0v) is 14.5. The number of fused-ring (bicyclic) bond motifs is 1. The molecule has 3 rings (SSSR count). The van der Waals surface area contributed by atoms with Crippen molar-refractivity contribution in [2.24, 2.45) is 0 Å². The summed E-state index contributed by atoms with van der Waals surface area (Å²) < 4.78 is 5.05. The van der Waals surface area contributed by atoms with Gasteiger partial charge in [0.1, 0.15) is 5.60 Å². The van der Waals surface area contributed by atoms with Crippen LogP contribution in [-0.2, 0) is 16.8 Å². The molecule has 1 fully saturated rings. The van der Waals surface area contributed by atoms with Gasteiger partial charge in [-0.05, 0) is 50.2 Å². The van der Waals surface area contributed by atoms with E-state index in [9.17, 15) is 9.90 Å². The Hall–Kier alpha value is -1.59. The second kappa shape index (κ2) is 7.53. The van der Waals surface area contributed by atoms with Crippen molar-refractivity contribution in [3.05, 3.63) is 35.4 Å². The lowest BCUT2D eigenvalue weighted by atomic mass is 9.79. The third-order valence-corrected chi connectivity index (χ3v) is 5.26. The molecule has 132 valence electrons. The fraction of sp³-hybridized carbons (Fsp3) is 0.632. The van der Waals surface area contributed by atoms with Crippen LogP contribution in [0, 0.1) is 0 Å². The van der Waals surface area contributed by atoms with E-state index in [1.54, 1.807) is 4.90 Å². The first-order chi connectivity index (χ1) is 11.6. The van der Waals surface area contributed by atoms with E-state index in [1.165, 1.54) is 5.56 Å². The molecular formula is C19H28N2O3. The summed E-state index contributed by atoms with van der Waals surface area (Å²) in [6.45, 7) is 4.25. The molecule has 5 nitrogen and oxygen atoms in total. The number of rotatable bonds is 4. The van der Waals surface area contributed by atoms with Crippen LogP contribution in [0.15, 0.2) is 24.3 Å². The molecule has 1 aliphatic carbocycles. The van der Waals surface area contributed by atoms with Crippen molar-refractivity contribution in [2.75, 3.05) is 26.2 Å². The molecule has 2 aliphatic rings. The van der Waals surface area contributed by atoms with Gasteiger partial charge in [0.15, 0.2) is 0 Å². The number of aryl methyl sites for hydroxylation is 1. The first-order valence-electron chi connectivity index (χ1n) is 9.08. The molecule has 0 bridgehead atoms. The number of aliphatic hydroxyl groups is 1. The van der Waals surface area contributed by atoms with Crippen LogP contribution in [0.25, 0.3) is 0 Å². The molecule has 0 radical (unpaired) electrons. The van der Waals surface area contributed by atoms with Gasteiger partial charge in [0.05, 0.1) is 6.61 Å². The lowest BCUT2D eigenvalue weighted by Gasteiger charge is -2.38. The summed E-state index contributed by atoms with van der Waals surface area (Å²) in [4.78, 5) is 13.5. The molecule has 0 saturated carbocycles. The molecule has 1 atom stereocenters. The van der Waals surface area contributed by atoms with Gasteiger partial charge in [-0.1, -0.05) is 24.3 Å². The first-order valence-corrected chi connectivity index (χ1v) is 9.08. The second-order valence-corrected chi connectivity index (χ2v) is 6.88. The van der Waals surface area contributed by atoms with E-state index in [0.29, 0.717) is 32.3 Å². The molecule has 24 heavy (non-hydrogen) atoms. The minimum atomic E-state index is -0.771. The predicted molar refractivity (Wildman–Crippen MR) is 92.9 cm³/mol. The number of nitrogens with zero attached hydrogens (tertiary/aromatic N) is 1. The summed E-state index contributed by atoms with van der Waals surface area (Å²) in [5, 5.41) is 14.7. The number of ether oxygens (including phenoxy) is 1. The summed E-state index contributed by atoms with van der Waals surface area (Å²) in [6, 6.07) is 8.57. The Labute approximate surface area is 144 Å². The number of carbonyl (C=O) groups is 1. The standard InChI is InChI=1S/C19H28N2O3/c1-2-24-18(22)21-12-9-16(10-13-21)20-14-19(23)11-5-7-15-6-3-4-8-17(15)19/h3-4,6,8,16,20,23H,2,5,7,9-14H2,1H3/t19-/m1/s1. The van der Waals surface area contributed by atoms with Crippen LogP contribution in [0.5, 0.6) is 0 Å². The summed E-state index contributed by atoms with van der Waals surface area (Å²) >= 11 is 0. The van der Waals surface area contributed by atoms with Crippen LogP contribution in [0.4, 0.5) is 4.79 Å². The largest absolute Gasteiger partial charge is 0.450 e. The first kappa shape index (κ1) is 17.2. The highest BCUT2D eigenvalue weighted by molar-refractivity contribution is 5.67. The fourth-order valence-electron chi connectivity index (χ4n) is 3.88. The van der Waals surface area contributed by atoms with Crippen LogP contribution in [0.1, 0.15) is 43.7 Å². The molecule has 1 amide bonds. The molecule has 2 N–H and O–H groups in total. The monoisotopic (exact) mass is 332 g/mol. The van der Waals surface area contributed by atoms with Crippen LogP contribution in [0.2, 0.25) is 0 Å². The molecular weight excluding hydrogens is 304 g/mol. The third-order valence-electron chi connectivity index (χ3n) is 5.26. The minimum absolute atomic E-state index is 0.212. The Kier molecular flexibility index (Phi) is 5.41. The molecule has 1 heterocycles. The van der Waals surface area contributed by atoms with Gasteiger partial charge in [-0.25, -0.2) is 4.79 Å². The molecule has 1 aromatic rings. The number of benzene rings is 1. The van der Waals surface area contributed by atoms with Gasteiger partial charge in [-0.3, -0.25) is 0 Å². The van der Waals surface area contributed by atoms with Gasteiger partial charge in [0.2, 0.25) is 0 Å². The van der Waals surface area contributed by atoms with Gasteiger partial charge in [0.25, 0.3) is 0 Å². The molecule has 1 saturated heterocycles. The highest BCUT2D eigenvalue weighted by atomic mass is 16.6. The average molecular weight is 332 g/mol. The van der Waals surface area contributed by atoms with Crippen LogP contribution >= 0.6 is 0 Å². The predicted octanol–water partition coefficient (Wildman–Crippen LogP) is 2.42. The second-order valence-electron chi connectivity index (χ2n) is 6.88. The normalized spacial score (nSPS) is 24.5. The van der Waals surface area contributed by atoms with E-state index in [0.717, 1.165) is 37.7 Å². The molecule has 1 aromatic carbocycles. The average Bonchev–Trinajstić information content (AvgIpc) is 2.61. The molecule has 0 spiro atoms. The third kappa shape index (κ3) is 3.73. The van der Waals surface area contributed by atoms with E-state index in [-0.39, 0.29) is 6.09 Å². The number of amides is 1. The van der Waals surface area contributed by atoms with Crippen LogP contribution in [0.3, 0.4) is 0 Å². The van der Waals surface area contributed by atoms with E-state index in [2.05, 4.69) is 17.4 Å². The lowest BCUT2D eigenvalue weighted by Crippen LogP contribution is -2.49. The number of hydrogen-bond acceptors (Lipinski definition) is 4. The SMILES string of the molecule is CCOC(=O)N1CCC(NC[C@]2(O)CCCc3ccccc32)CC1. The number of likely N-dealkylation sites (tertiary alicyclic amines) is 1. The topological polar surface area (TPSA) is 61.8 Å².